The fourth-order valence-corrected chi connectivity index (χ4v) is 3.21. The van der Waals surface area contributed by atoms with E-state index < -0.39 is 11.6 Å². The maximum Gasteiger partial charge on any atom is 0.126 e. The Morgan fingerprint density at radius 1 is 1.16 bits per heavy atom. The van der Waals surface area contributed by atoms with Crippen molar-refractivity contribution in [1.82, 2.24) is 0 Å². The molecular formula is C16H23F2N. The molecule has 0 bridgehead atoms. The SMILES string of the molecule is CCC1CCCC(N)(Cc2cc(F)cc(F)c2)CC1. The molecule has 0 aliphatic heterocycles. The zero-order chi connectivity index (χ0) is 13.9. The van der Waals surface area contributed by atoms with E-state index in [1.165, 1.54) is 25.0 Å². The Labute approximate surface area is 114 Å². The van der Waals surface area contributed by atoms with Gasteiger partial charge in [-0.1, -0.05) is 26.2 Å². The fourth-order valence-electron chi connectivity index (χ4n) is 3.21. The standard InChI is InChI=1S/C16H23F2N/c1-2-12-4-3-6-16(19,7-5-12)11-13-8-14(17)10-15(18)9-13/h8-10,12H,2-7,11,19H2,1H3. The van der Waals surface area contributed by atoms with Gasteiger partial charge in [0, 0.05) is 11.6 Å². The van der Waals surface area contributed by atoms with Crippen molar-refractivity contribution >= 4 is 0 Å². The van der Waals surface area contributed by atoms with Crippen molar-refractivity contribution < 1.29 is 8.78 Å². The first-order chi connectivity index (χ1) is 9.00. The van der Waals surface area contributed by atoms with Crippen molar-refractivity contribution in [3.8, 4) is 0 Å². The van der Waals surface area contributed by atoms with Crippen LogP contribution in [0, 0.1) is 17.6 Å². The van der Waals surface area contributed by atoms with E-state index in [0.717, 1.165) is 37.7 Å². The van der Waals surface area contributed by atoms with E-state index in [0.29, 0.717) is 12.0 Å². The van der Waals surface area contributed by atoms with Crippen molar-refractivity contribution in [3.05, 3.63) is 35.4 Å². The van der Waals surface area contributed by atoms with Crippen molar-refractivity contribution in [2.75, 3.05) is 0 Å². The molecule has 1 aliphatic rings. The molecule has 2 atom stereocenters. The normalized spacial score (nSPS) is 28.1. The second-order valence-electron chi connectivity index (χ2n) is 6.02. The Balaban J connectivity index is 2.07. The Morgan fingerprint density at radius 2 is 1.84 bits per heavy atom. The average Bonchev–Trinajstić information content (AvgIpc) is 2.49. The first-order valence-corrected chi connectivity index (χ1v) is 7.24. The third-order valence-corrected chi connectivity index (χ3v) is 4.39. The van der Waals surface area contributed by atoms with Gasteiger partial charge in [0.15, 0.2) is 0 Å². The molecule has 19 heavy (non-hydrogen) atoms. The molecule has 0 spiro atoms. The van der Waals surface area contributed by atoms with E-state index in [2.05, 4.69) is 6.92 Å². The summed E-state index contributed by atoms with van der Waals surface area (Å²) in [6, 6.07) is 3.71. The van der Waals surface area contributed by atoms with Crippen LogP contribution in [0.15, 0.2) is 18.2 Å². The van der Waals surface area contributed by atoms with Crippen LogP contribution in [-0.4, -0.2) is 5.54 Å². The van der Waals surface area contributed by atoms with Gasteiger partial charge in [0.05, 0.1) is 0 Å². The van der Waals surface area contributed by atoms with Crippen molar-refractivity contribution in [2.24, 2.45) is 11.7 Å². The molecule has 1 aromatic rings. The lowest BCUT2D eigenvalue weighted by Gasteiger charge is -2.28. The summed E-state index contributed by atoms with van der Waals surface area (Å²) in [6.07, 6.45) is 7.14. The maximum absolute atomic E-state index is 13.2. The van der Waals surface area contributed by atoms with Crippen LogP contribution in [0.5, 0.6) is 0 Å². The van der Waals surface area contributed by atoms with Crippen LogP contribution in [0.2, 0.25) is 0 Å². The maximum atomic E-state index is 13.2. The molecule has 1 aliphatic carbocycles. The highest BCUT2D eigenvalue weighted by Gasteiger charge is 2.29. The average molecular weight is 267 g/mol. The summed E-state index contributed by atoms with van der Waals surface area (Å²) in [5, 5.41) is 0. The van der Waals surface area contributed by atoms with Crippen molar-refractivity contribution in [1.29, 1.82) is 0 Å². The second kappa shape index (κ2) is 6.00. The number of hydrogen-bond acceptors (Lipinski definition) is 1. The Morgan fingerprint density at radius 3 is 2.47 bits per heavy atom. The molecule has 0 saturated heterocycles. The molecule has 0 heterocycles. The van der Waals surface area contributed by atoms with E-state index >= 15 is 0 Å². The molecule has 0 radical (unpaired) electrons. The fraction of sp³-hybridized carbons (Fsp3) is 0.625. The third-order valence-electron chi connectivity index (χ3n) is 4.39. The summed E-state index contributed by atoms with van der Waals surface area (Å²) in [4.78, 5) is 0. The van der Waals surface area contributed by atoms with Crippen molar-refractivity contribution in [3.63, 3.8) is 0 Å². The molecular weight excluding hydrogens is 244 g/mol. The molecule has 0 amide bonds. The first kappa shape index (κ1) is 14.4. The highest BCUT2D eigenvalue weighted by Crippen LogP contribution is 2.32. The van der Waals surface area contributed by atoms with Gasteiger partial charge in [-0.3, -0.25) is 0 Å². The van der Waals surface area contributed by atoms with Crippen molar-refractivity contribution in [2.45, 2.75) is 57.4 Å². The van der Waals surface area contributed by atoms with Gasteiger partial charge in [0.25, 0.3) is 0 Å². The van der Waals surface area contributed by atoms with Gasteiger partial charge in [0.2, 0.25) is 0 Å². The van der Waals surface area contributed by atoms with E-state index in [1.54, 1.807) is 0 Å². The predicted molar refractivity (Wildman–Crippen MR) is 73.8 cm³/mol. The molecule has 2 unspecified atom stereocenters. The molecule has 106 valence electrons. The summed E-state index contributed by atoms with van der Waals surface area (Å²) >= 11 is 0. The number of halogens is 2. The van der Waals surface area contributed by atoms with Gasteiger partial charge in [-0.2, -0.15) is 0 Å². The summed E-state index contributed by atoms with van der Waals surface area (Å²) in [7, 11) is 0. The van der Waals surface area contributed by atoms with Crippen LogP contribution >= 0.6 is 0 Å². The summed E-state index contributed by atoms with van der Waals surface area (Å²) in [6.45, 7) is 2.22. The zero-order valence-corrected chi connectivity index (χ0v) is 11.6. The molecule has 1 nitrogen and oxygen atoms in total. The van der Waals surface area contributed by atoms with Gasteiger partial charge in [0.1, 0.15) is 11.6 Å². The van der Waals surface area contributed by atoms with Gasteiger partial charge in [-0.05, 0) is 49.3 Å². The first-order valence-electron chi connectivity index (χ1n) is 7.24. The topological polar surface area (TPSA) is 26.0 Å². The monoisotopic (exact) mass is 267 g/mol. The molecule has 1 aromatic carbocycles. The van der Waals surface area contributed by atoms with Crippen LogP contribution in [0.1, 0.15) is 51.0 Å². The van der Waals surface area contributed by atoms with Gasteiger partial charge < -0.3 is 5.73 Å². The van der Waals surface area contributed by atoms with Crippen LogP contribution in [0.3, 0.4) is 0 Å². The minimum atomic E-state index is -0.515. The van der Waals surface area contributed by atoms with E-state index in [-0.39, 0.29) is 5.54 Å². The number of benzene rings is 1. The number of nitrogens with two attached hydrogens (primary N) is 1. The highest BCUT2D eigenvalue weighted by atomic mass is 19.1. The van der Waals surface area contributed by atoms with Crippen LogP contribution in [0.4, 0.5) is 8.78 Å². The van der Waals surface area contributed by atoms with E-state index in [4.69, 9.17) is 5.73 Å². The molecule has 2 N–H and O–H groups in total. The number of hydrogen-bond donors (Lipinski definition) is 1. The quantitative estimate of drug-likeness (QED) is 0.816. The smallest absolute Gasteiger partial charge is 0.126 e. The Hall–Kier alpha value is -0.960. The van der Waals surface area contributed by atoms with Crippen LogP contribution in [0.25, 0.3) is 0 Å². The minimum absolute atomic E-state index is 0.301. The summed E-state index contributed by atoms with van der Waals surface area (Å²) in [5.41, 5.74) is 6.84. The lowest BCUT2D eigenvalue weighted by atomic mass is 9.84. The van der Waals surface area contributed by atoms with Crippen LogP contribution in [-0.2, 0) is 6.42 Å². The molecule has 1 saturated carbocycles. The highest BCUT2D eigenvalue weighted by molar-refractivity contribution is 5.20. The Bertz CT molecular complexity index is 413. The molecule has 0 aromatic heterocycles. The van der Waals surface area contributed by atoms with E-state index in [9.17, 15) is 8.78 Å². The largest absolute Gasteiger partial charge is 0.325 e. The second-order valence-corrected chi connectivity index (χ2v) is 6.02. The Kier molecular flexibility index (Phi) is 4.56. The minimum Gasteiger partial charge on any atom is -0.325 e. The molecule has 2 rings (SSSR count). The molecule has 1 fully saturated rings. The third kappa shape index (κ3) is 4.00. The molecule has 3 heteroatoms. The van der Waals surface area contributed by atoms with Crippen LogP contribution < -0.4 is 5.73 Å². The van der Waals surface area contributed by atoms with E-state index in [1.807, 2.05) is 0 Å². The summed E-state index contributed by atoms with van der Waals surface area (Å²) in [5.74, 6) is -0.271. The van der Waals surface area contributed by atoms with Gasteiger partial charge >= 0.3 is 0 Å². The lowest BCUT2D eigenvalue weighted by Crippen LogP contribution is -2.41. The zero-order valence-electron chi connectivity index (χ0n) is 11.6. The van der Waals surface area contributed by atoms with Gasteiger partial charge in [-0.25, -0.2) is 8.78 Å². The summed E-state index contributed by atoms with van der Waals surface area (Å²) < 4.78 is 26.4. The lowest BCUT2D eigenvalue weighted by molar-refractivity contribution is 0.357. The van der Waals surface area contributed by atoms with Gasteiger partial charge in [-0.15, -0.1) is 0 Å². The predicted octanol–water partition coefficient (Wildman–Crippen LogP) is 4.20. The number of rotatable bonds is 3.